The van der Waals surface area contributed by atoms with Crippen LogP contribution in [0.1, 0.15) is 135 Å². The minimum absolute atomic E-state index is 0.770. The van der Waals surface area contributed by atoms with Gasteiger partial charge >= 0.3 is 0 Å². The zero-order chi connectivity index (χ0) is 53.1. The molecule has 9 aromatic rings. The highest BCUT2D eigenvalue weighted by atomic mass is 32.1. The Bertz CT molecular complexity index is 3080. The van der Waals surface area contributed by atoms with Gasteiger partial charge in [0, 0.05) is 53.4 Å². The SMILES string of the molecule is CCCCC(CC)CN(CC(CC)CCCC)c1ccc(-c2nc3ccc(C)cc3s2)cc1.CCCCC(CC)CNc1ccc(-c2nc3ccc(C)cc3s2)cc1.Cc1ccc2nc(-c3ccc(N)cc3)sc2c1. The number of benzene rings is 6. The number of aromatic nitrogens is 3. The van der Waals surface area contributed by atoms with E-state index in [-0.39, 0.29) is 0 Å². The Hall–Kier alpha value is -5.61. The van der Waals surface area contributed by atoms with Crippen LogP contribution in [0.3, 0.4) is 0 Å². The van der Waals surface area contributed by atoms with Crippen molar-refractivity contribution in [2.45, 2.75) is 139 Å². The van der Waals surface area contributed by atoms with Crippen molar-refractivity contribution in [2.75, 3.05) is 35.6 Å². The van der Waals surface area contributed by atoms with E-state index >= 15 is 0 Å². The Labute approximate surface area is 462 Å². The second-order valence-electron chi connectivity index (χ2n) is 20.8. The smallest absolute Gasteiger partial charge is 0.124 e. The van der Waals surface area contributed by atoms with Gasteiger partial charge < -0.3 is 16.0 Å². The van der Waals surface area contributed by atoms with E-state index in [9.17, 15) is 0 Å². The predicted octanol–water partition coefficient (Wildman–Crippen LogP) is 20.3. The van der Waals surface area contributed by atoms with E-state index in [4.69, 9.17) is 15.7 Å². The van der Waals surface area contributed by atoms with Gasteiger partial charge in [0.05, 0.1) is 30.6 Å². The minimum Gasteiger partial charge on any atom is -0.399 e. The third kappa shape index (κ3) is 16.7. The monoisotopic (exact) mass is 1060 g/mol. The van der Waals surface area contributed by atoms with E-state index < -0.39 is 0 Å². The predicted molar refractivity (Wildman–Crippen MR) is 334 cm³/mol. The molecule has 396 valence electrons. The number of aryl methyl sites for hydroxylation is 3. The van der Waals surface area contributed by atoms with Gasteiger partial charge in [0.2, 0.25) is 0 Å². The van der Waals surface area contributed by atoms with Crippen molar-refractivity contribution in [2.24, 2.45) is 17.8 Å². The van der Waals surface area contributed by atoms with Crippen LogP contribution < -0.4 is 16.0 Å². The van der Waals surface area contributed by atoms with Crippen LogP contribution >= 0.6 is 34.0 Å². The van der Waals surface area contributed by atoms with Gasteiger partial charge in [-0.3, -0.25) is 0 Å². The van der Waals surface area contributed by atoms with Crippen LogP contribution in [-0.2, 0) is 0 Å². The summed E-state index contributed by atoms with van der Waals surface area (Å²) in [5, 5.41) is 6.87. The van der Waals surface area contributed by atoms with Crippen LogP contribution in [0, 0.1) is 38.5 Å². The molecule has 0 bridgehead atoms. The lowest BCUT2D eigenvalue weighted by atomic mass is 9.95. The van der Waals surface area contributed by atoms with E-state index in [1.165, 1.54) is 143 Å². The number of unbranched alkanes of at least 4 members (excludes halogenated alkanes) is 3. The lowest BCUT2D eigenvalue weighted by molar-refractivity contribution is 0.403. The number of hydrogen-bond donors (Lipinski definition) is 2. The number of nitrogens with zero attached hydrogens (tertiary/aromatic N) is 4. The molecule has 0 saturated heterocycles. The van der Waals surface area contributed by atoms with Crippen molar-refractivity contribution in [1.29, 1.82) is 0 Å². The molecule has 6 aromatic carbocycles. The molecule has 0 aliphatic carbocycles. The fourth-order valence-corrected chi connectivity index (χ4v) is 12.8. The van der Waals surface area contributed by atoms with Crippen molar-refractivity contribution in [3.8, 4) is 31.7 Å². The van der Waals surface area contributed by atoms with Gasteiger partial charge in [0.15, 0.2) is 0 Å². The van der Waals surface area contributed by atoms with Crippen LogP contribution in [0.2, 0.25) is 0 Å². The summed E-state index contributed by atoms with van der Waals surface area (Å²) in [5.41, 5.74) is 19.7. The van der Waals surface area contributed by atoms with Crippen molar-refractivity contribution in [3.63, 3.8) is 0 Å². The number of hydrogen-bond acceptors (Lipinski definition) is 9. The third-order valence-electron chi connectivity index (χ3n) is 14.6. The number of fused-ring (bicyclic) bond motifs is 3. The molecule has 9 heteroatoms. The summed E-state index contributed by atoms with van der Waals surface area (Å²) in [6.45, 7) is 23.7. The van der Waals surface area contributed by atoms with E-state index in [0.29, 0.717) is 0 Å². The number of nitrogens with two attached hydrogens (primary N) is 1. The van der Waals surface area contributed by atoms with Crippen LogP contribution in [0.15, 0.2) is 127 Å². The van der Waals surface area contributed by atoms with Gasteiger partial charge in [-0.2, -0.15) is 0 Å². The fraction of sp³-hybridized carbons (Fsp3) is 0.409. The Kier molecular flexibility index (Phi) is 22.1. The minimum atomic E-state index is 0.770. The first kappa shape index (κ1) is 57.1. The molecule has 3 aromatic heterocycles. The topological polar surface area (TPSA) is 80.0 Å². The lowest BCUT2D eigenvalue weighted by Crippen LogP contribution is -2.34. The molecule has 3 unspecified atom stereocenters. The molecule has 0 aliphatic heterocycles. The van der Waals surface area contributed by atoms with Crippen molar-refractivity contribution in [3.05, 3.63) is 144 Å². The maximum atomic E-state index is 5.68. The number of nitrogen functional groups attached to an aromatic ring is 1. The van der Waals surface area contributed by atoms with Crippen LogP contribution in [-0.4, -0.2) is 34.6 Å². The molecule has 3 heterocycles. The molecule has 0 fully saturated rings. The number of rotatable bonds is 23. The first-order chi connectivity index (χ1) is 36.5. The van der Waals surface area contributed by atoms with Gasteiger partial charge in [-0.1, -0.05) is 118 Å². The third-order valence-corrected chi connectivity index (χ3v) is 17.8. The maximum Gasteiger partial charge on any atom is 0.124 e. The number of thiazole rings is 3. The molecule has 6 nitrogen and oxygen atoms in total. The molecular formula is C66H84N6S3. The summed E-state index contributed by atoms with van der Waals surface area (Å²) >= 11 is 5.29. The summed E-state index contributed by atoms with van der Waals surface area (Å²) in [4.78, 5) is 17.0. The Balaban J connectivity index is 0.000000172. The van der Waals surface area contributed by atoms with Crippen LogP contribution in [0.4, 0.5) is 17.1 Å². The van der Waals surface area contributed by atoms with E-state index in [2.05, 4.69) is 181 Å². The van der Waals surface area contributed by atoms with Crippen LogP contribution in [0.5, 0.6) is 0 Å². The lowest BCUT2D eigenvalue weighted by Gasteiger charge is -2.32. The molecule has 0 radical (unpaired) electrons. The first-order valence-corrected chi connectivity index (χ1v) is 30.6. The van der Waals surface area contributed by atoms with Crippen molar-refractivity contribution >= 4 is 81.7 Å². The fourth-order valence-electron chi connectivity index (χ4n) is 9.59. The Morgan fingerprint density at radius 1 is 0.453 bits per heavy atom. The van der Waals surface area contributed by atoms with Gasteiger partial charge in [0.1, 0.15) is 15.0 Å². The number of anilines is 3. The normalized spacial score (nSPS) is 12.5. The van der Waals surface area contributed by atoms with E-state index in [1.54, 1.807) is 34.0 Å². The summed E-state index contributed by atoms with van der Waals surface area (Å²) in [7, 11) is 0. The van der Waals surface area contributed by atoms with E-state index in [0.717, 1.165) is 67.1 Å². The molecule has 0 saturated carbocycles. The average molecular weight is 1060 g/mol. The molecule has 0 spiro atoms. The summed E-state index contributed by atoms with van der Waals surface area (Å²) in [6.07, 6.45) is 15.7. The van der Waals surface area contributed by atoms with Gasteiger partial charge in [-0.05, 0) is 184 Å². The van der Waals surface area contributed by atoms with Gasteiger partial charge in [-0.15, -0.1) is 34.0 Å². The standard InChI is InChI=1S/C30H44N2S.C22H28N2S.C14H12N2S/c1-6-10-12-24(8-3)21-32(22-25(9-4)13-11-7-2)27-17-15-26(16-18-27)30-31-28-19-14-23(5)20-29(28)33-30;1-4-6-7-17(5-2)15-23-19-11-9-18(10-12-19)22-24-20-13-8-16(3)14-21(20)25-22;1-9-2-7-12-13(8-9)17-14(16-12)10-3-5-11(15)6-4-10/h14-20,24-25H,6-13,21-22H2,1-5H3;8-14,17,23H,4-7,15H2,1-3H3;2-8H,15H2,1H3. The number of nitrogens with one attached hydrogen (secondary N) is 1. The molecule has 0 aliphatic rings. The van der Waals surface area contributed by atoms with E-state index in [1.807, 2.05) is 24.3 Å². The highest BCUT2D eigenvalue weighted by Gasteiger charge is 2.19. The van der Waals surface area contributed by atoms with Gasteiger partial charge in [-0.25, -0.2) is 15.0 Å². The zero-order valence-electron chi connectivity index (χ0n) is 46.6. The molecule has 3 atom stereocenters. The molecule has 75 heavy (non-hydrogen) atoms. The summed E-state index contributed by atoms with van der Waals surface area (Å²) in [6, 6.07) is 45.1. The van der Waals surface area contributed by atoms with Crippen molar-refractivity contribution < 1.29 is 0 Å². The molecule has 3 N–H and O–H groups in total. The molecule has 0 amide bonds. The first-order valence-electron chi connectivity index (χ1n) is 28.2. The second kappa shape index (κ2) is 29.1. The summed E-state index contributed by atoms with van der Waals surface area (Å²) in [5.74, 6) is 2.33. The maximum absolute atomic E-state index is 5.68. The second-order valence-corrected chi connectivity index (χ2v) is 23.8. The quantitative estimate of drug-likeness (QED) is 0.0622. The van der Waals surface area contributed by atoms with Crippen LogP contribution in [0.25, 0.3) is 62.4 Å². The largest absolute Gasteiger partial charge is 0.399 e. The summed E-state index contributed by atoms with van der Waals surface area (Å²) < 4.78 is 3.77. The Morgan fingerprint density at radius 2 is 0.813 bits per heavy atom. The Morgan fingerprint density at radius 3 is 1.19 bits per heavy atom. The average Bonchev–Trinajstić information content (AvgIpc) is 4.18. The highest BCUT2D eigenvalue weighted by molar-refractivity contribution is 7.22. The molecule has 9 rings (SSSR count). The highest BCUT2D eigenvalue weighted by Crippen LogP contribution is 2.35. The van der Waals surface area contributed by atoms with Crippen molar-refractivity contribution in [1.82, 2.24) is 15.0 Å². The zero-order valence-corrected chi connectivity index (χ0v) is 49.0. The van der Waals surface area contributed by atoms with Gasteiger partial charge in [0.25, 0.3) is 0 Å². The molecular weight excluding hydrogens is 973 g/mol.